The lowest BCUT2D eigenvalue weighted by atomic mass is 10.2. The van der Waals surface area contributed by atoms with E-state index in [-0.39, 0.29) is 18.7 Å². The lowest BCUT2D eigenvalue weighted by molar-refractivity contribution is 0.0842. The van der Waals surface area contributed by atoms with E-state index in [2.05, 4.69) is 5.32 Å². The van der Waals surface area contributed by atoms with Gasteiger partial charge in [0, 0.05) is 12.1 Å². The van der Waals surface area contributed by atoms with E-state index < -0.39 is 23.6 Å². The van der Waals surface area contributed by atoms with Crippen molar-refractivity contribution in [3.63, 3.8) is 0 Å². The molecular formula is C17H17F2NO3. The fourth-order valence-electron chi connectivity index (χ4n) is 1.91. The van der Waals surface area contributed by atoms with E-state index >= 15 is 0 Å². The molecule has 122 valence electrons. The van der Waals surface area contributed by atoms with Gasteiger partial charge in [0.1, 0.15) is 18.5 Å². The summed E-state index contributed by atoms with van der Waals surface area (Å²) in [7, 11) is 0. The second-order valence-electron chi connectivity index (χ2n) is 5.07. The quantitative estimate of drug-likeness (QED) is 0.859. The fraction of sp³-hybridized carbons (Fsp3) is 0.235. The standard InChI is InChI=1S/C17H17F2NO3/c1-11-4-2-3-5-16(11)23-10-13(21)9-20-17(22)12-6-7-14(18)15(19)8-12/h2-8,13,21H,9-10H2,1H3,(H,20,22). The van der Waals surface area contributed by atoms with Crippen LogP contribution in [-0.2, 0) is 0 Å². The Bertz CT molecular complexity index is 691. The maximum atomic E-state index is 13.1. The van der Waals surface area contributed by atoms with Crippen molar-refractivity contribution in [1.82, 2.24) is 5.32 Å². The van der Waals surface area contributed by atoms with Gasteiger partial charge in [0.25, 0.3) is 5.91 Å². The summed E-state index contributed by atoms with van der Waals surface area (Å²) in [6.07, 6.45) is -0.927. The van der Waals surface area contributed by atoms with Crippen LogP contribution >= 0.6 is 0 Å². The number of carbonyl (C=O) groups excluding carboxylic acids is 1. The van der Waals surface area contributed by atoms with E-state index in [1.165, 1.54) is 6.07 Å². The first-order chi connectivity index (χ1) is 11.0. The van der Waals surface area contributed by atoms with Crippen molar-refractivity contribution in [2.45, 2.75) is 13.0 Å². The van der Waals surface area contributed by atoms with Crippen LogP contribution in [0, 0.1) is 18.6 Å². The predicted molar refractivity (Wildman–Crippen MR) is 81.4 cm³/mol. The maximum Gasteiger partial charge on any atom is 0.251 e. The number of aliphatic hydroxyl groups excluding tert-OH is 1. The number of amides is 1. The fourth-order valence-corrected chi connectivity index (χ4v) is 1.91. The van der Waals surface area contributed by atoms with Crippen LogP contribution in [0.1, 0.15) is 15.9 Å². The topological polar surface area (TPSA) is 58.6 Å². The van der Waals surface area contributed by atoms with Gasteiger partial charge in [-0.2, -0.15) is 0 Å². The number of aliphatic hydroxyl groups is 1. The molecule has 0 saturated heterocycles. The number of para-hydroxylation sites is 1. The van der Waals surface area contributed by atoms with Crippen LogP contribution in [0.3, 0.4) is 0 Å². The average molecular weight is 321 g/mol. The highest BCUT2D eigenvalue weighted by Gasteiger charge is 2.12. The first-order valence-corrected chi connectivity index (χ1v) is 7.07. The van der Waals surface area contributed by atoms with Crippen molar-refractivity contribution >= 4 is 5.91 Å². The van der Waals surface area contributed by atoms with Gasteiger partial charge >= 0.3 is 0 Å². The Hall–Kier alpha value is -2.47. The Balaban J connectivity index is 1.82. The van der Waals surface area contributed by atoms with Crippen molar-refractivity contribution in [3.8, 4) is 5.75 Å². The van der Waals surface area contributed by atoms with Crippen LogP contribution in [-0.4, -0.2) is 30.3 Å². The molecule has 0 radical (unpaired) electrons. The molecule has 4 nitrogen and oxygen atoms in total. The van der Waals surface area contributed by atoms with Crippen molar-refractivity contribution < 1.29 is 23.4 Å². The predicted octanol–water partition coefficient (Wildman–Crippen LogP) is 2.44. The molecule has 0 fully saturated rings. The highest BCUT2D eigenvalue weighted by atomic mass is 19.2. The minimum atomic E-state index is -1.10. The molecular weight excluding hydrogens is 304 g/mol. The number of aryl methyl sites for hydroxylation is 1. The molecule has 2 rings (SSSR count). The van der Waals surface area contributed by atoms with Gasteiger partial charge in [-0.25, -0.2) is 8.78 Å². The van der Waals surface area contributed by atoms with E-state index in [0.29, 0.717) is 5.75 Å². The molecule has 2 aromatic rings. The first-order valence-electron chi connectivity index (χ1n) is 7.07. The van der Waals surface area contributed by atoms with Gasteiger partial charge in [0.05, 0.1) is 0 Å². The molecule has 0 aliphatic carbocycles. The van der Waals surface area contributed by atoms with Gasteiger partial charge in [0.2, 0.25) is 0 Å². The molecule has 0 spiro atoms. The number of halogens is 2. The molecule has 0 heterocycles. The van der Waals surface area contributed by atoms with E-state index in [4.69, 9.17) is 4.74 Å². The monoisotopic (exact) mass is 321 g/mol. The number of hydrogen-bond acceptors (Lipinski definition) is 3. The highest BCUT2D eigenvalue weighted by Crippen LogP contribution is 2.16. The minimum Gasteiger partial charge on any atom is -0.491 e. The average Bonchev–Trinajstić information content (AvgIpc) is 2.54. The Labute approximate surface area is 132 Å². The van der Waals surface area contributed by atoms with Crippen LogP contribution in [0.2, 0.25) is 0 Å². The van der Waals surface area contributed by atoms with E-state index in [9.17, 15) is 18.7 Å². The molecule has 6 heteroatoms. The SMILES string of the molecule is Cc1ccccc1OCC(O)CNC(=O)c1ccc(F)c(F)c1. The summed E-state index contributed by atoms with van der Waals surface area (Å²) < 4.78 is 31.3. The van der Waals surface area contributed by atoms with Crippen LogP contribution in [0.15, 0.2) is 42.5 Å². The Morgan fingerprint density at radius 1 is 1.22 bits per heavy atom. The summed E-state index contributed by atoms with van der Waals surface area (Å²) in [4.78, 5) is 11.8. The summed E-state index contributed by atoms with van der Waals surface area (Å²) in [5, 5.41) is 12.3. The smallest absolute Gasteiger partial charge is 0.251 e. The molecule has 0 aliphatic heterocycles. The summed E-state index contributed by atoms with van der Waals surface area (Å²) in [6.45, 7) is 1.82. The first kappa shape index (κ1) is 16.9. The lowest BCUT2D eigenvalue weighted by Crippen LogP contribution is -2.35. The number of hydrogen-bond donors (Lipinski definition) is 2. The Kier molecular flexibility index (Phi) is 5.65. The van der Waals surface area contributed by atoms with Crippen molar-refractivity contribution in [1.29, 1.82) is 0 Å². The van der Waals surface area contributed by atoms with Gasteiger partial charge in [0.15, 0.2) is 11.6 Å². The molecule has 2 N–H and O–H groups in total. The molecule has 0 aliphatic rings. The molecule has 1 atom stereocenters. The number of benzene rings is 2. The van der Waals surface area contributed by atoms with Gasteiger partial charge in [-0.1, -0.05) is 18.2 Å². The molecule has 2 aromatic carbocycles. The Morgan fingerprint density at radius 2 is 1.96 bits per heavy atom. The van der Waals surface area contributed by atoms with Gasteiger partial charge in [-0.05, 0) is 36.8 Å². The van der Waals surface area contributed by atoms with Gasteiger partial charge < -0.3 is 15.2 Å². The van der Waals surface area contributed by atoms with Crippen molar-refractivity contribution in [2.75, 3.05) is 13.2 Å². The molecule has 1 unspecified atom stereocenters. The zero-order valence-corrected chi connectivity index (χ0v) is 12.6. The number of nitrogens with one attached hydrogen (secondary N) is 1. The molecule has 23 heavy (non-hydrogen) atoms. The van der Waals surface area contributed by atoms with E-state index in [1.807, 2.05) is 25.1 Å². The van der Waals surface area contributed by atoms with Crippen LogP contribution in [0.25, 0.3) is 0 Å². The zero-order chi connectivity index (χ0) is 16.8. The largest absolute Gasteiger partial charge is 0.491 e. The molecule has 0 bridgehead atoms. The minimum absolute atomic E-state index is 0.00289. The third-order valence-electron chi connectivity index (χ3n) is 3.20. The van der Waals surface area contributed by atoms with Crippen molar-refractivity contribution in [3.05, 3.63) is 65.2 Å². The zero-order valence-electron chi connectivity index (χ0n) is 12.6. The summed E-state index contributed by atoms with van der Waals surface area (Å²) >= 11 is 0. The number of ether oxygens (including phenoxy) is 1. The highest BCUT2D eigenvalue weighted by molar-refractivity contribution is 5.94. The summed E-state index contributed by atoms with van der Waals surface area (Å²) in [5.74, 6) is -2.06. The molecule has 1 amide bonds. The van der Waals surface area contributed by atoms with Crippen molar-refractivity contribution in [2.24, 2.45) is 0 Å². The van der Waals surface area contributed by atoms with Crippen LogP contribution < -0.4 is 10.1 Å². The maximum absolute atomic E-state index is 13.1. The normalized spacial score (nSPS) is 11.8. The van der Waals surface area contributed by atoms with Gasteiger partial charge in [-0.15, -0.1) is 0 Å². The molecule has 0 saturated carbocycles. The number of rotatable bonds is 6. The van der Waals surface area contributed by atoms with Crippen LogP contribution in [0.5, 0.6) is 5.75 Å². The second kappa shape index (κ2) is 7.69. The van der Waals surface area contributed by atoms with Crippen LogP contribution in [0.4, 0.5) is 8.78 Å². The van der Waals surface area contributed by atoms with E-state index in [0.717, 1.165) is 17.7 Å². The summed E-state index contributed by atoms with van der Waals surface area (Å²) in [5.41, 5.74) is 0.918. The van der Waals surface area contributed by atoms with E-state index in [1.54, 1.807) is 6.07 Å². The lowest BCUT2D eigenvalue weighted by Gasteiger charge is -2.14. The number of carbonyl (C=O) groups is 1. The summed E-state index contributed by atoms with van der Waals surface area (Å²) in [6, 6.07) is 10.2. The Morgan fingerprint density at radius 3 is 2.65 bits per heavy atom. The third-order valence-corrected chi connectivity index (χ3v) is 3.20. The molecule has 0 aromatic heterocycles. The second-order valence-corrected chi connectivity index (χ2v) is 5.07. The van der Waals surface area contributed by atoms with Gasteiger partial charge in [-0.3, -0.25) is 4.79 Å². The third kappa shape index (κ3) is 4.75.